The lowest BCUT2D eigenvalue weighted by atomic mass is 9.17. The highest BCUT2D eigenvalue weighted by molar-refractivity contribution is 6.79. The Labute approximate surface area is 269 Å². The summed E-state index contributed by atoms with van der Waals surface area (Å²) in [5, 5.41) is 0. The second-order valence-corrected chi connectivity index (χ2v) is 13.1. The Morgan fingerprint density at radius 2 is 1.11 bits per heavy atom. The summed E-state index contributed by atoms with van der Waals surface area (Å²) in [5.41, 5.74) is -0.633. The van der Waals surface area contributed by atoms with Crippen LogP contribution in [0.1, 0.15) is 137 Å². The Balaban J connectivity index is 0.000000976. The van der Waals surface area contributed by atoms with Crippen LogP contribution in [0.5, 0.6) is 0 Å². The first-order valence-corrected chi connectivity index (χ1v) is 17.9. The van der Waals surface area contributed by atoms with Gasteiger partial charge in [0.25, 0.3) is 0 Å². The normalized spacial score (nSPS) is 13.8. The van der Waals surface area contributed by atoms with Crippen molar-refractivity contribution in [1.29, 1.82) is 0 Å². The van der Waals surface area contributed by atoms with Gasteiger partial charge >= 0.3 is 12.2 Å². The van der Waals surface area contributed by atoms with Gasteiger partial charge in [-0.05, 0) is 25.3 Å². The van der Waals surface area contributed by atoms with Gasteiger partial charge in [0.15, 0.2) is 11.5 Å². The predicted molar refractivity (Wildman–Crippen MR) is 175 cm³/mol. The van der Waals surface area contributed by atoms with E-state index in [1.807, 2.05) is 0 Å². The molecule has 1 rings (SSSR count). The maximum absolute atomic E-state index is 14.7. The minimum Gasteiger partial charge on any atom is -0.237 e. The molecule has 0 aliphatic heterocycles. The third-order valence-electron chi connectivity index (χ3n) is 9.20. The van der Waals surface area contributed by atoms with Crippen LogP contribution in [0, 0.1) is 11.6 Å². The highest BCUT2D eigenvalue weighted by Crippen LogP contribution is 2.33. The van der Waals surface area contributed by atoms with E-state index >= 15 is 0 Å². The van der Waals surface area contributed by atoms with E-state index in [1.54, 1.807) is 32.2 Å². The van der Waals surface area contributed by atoms with Crippen molar-refractivity contribution in [3.05, 3.63) is 29.8 Å². The third-order valence-corrected chi connectivity index (χ3v) is 9.20. The van der Waals surface area contributed by atoms with Crippen LogP contribution in [0.2, 0.25) is 25.3 Å². The molecule has 1 N–H and O–H groups in total. The lowest BCUT2D eigenvalue weighted by Crippen LogP contribution is -3.16. The number of unbranched alkanes of at least 4 members (excludes halogenated alkanes) is 8. The van der Waals surface area contributed by atoms with Gasteiger partial charge in [0.05, 0.1) is 6.54 Å². The summed E-state index contributed by atoms with van der Waals surface area (Å²) in [6.07, 6.45) is 10.1. The third kappa shape index (κ3) is 18.0. The standard InChI is InChI=1S/C19H25F8N.C16H36B/c1-2-3-13-28(15-10-8-9-14(20)17(15)22)19(26,27)16(21)11-6-4-5-7-12-18(23,24)25;1-5-9-13-17(14-10-6-2,15-11-7-3)16-12-8-4/h8-10,16H,2-7,11-13H2,1H3;5-16H2,1-4H3/q;-1/p+1. The van der Waals surface area contributed by atoms with Gasteiger partial charge in [-0.1, -0.05) is 118 Å². The molecule has 0 aromatic heterocycles. The minimum absolute atomic E-state index is 0.00722. The Kier molecular flexibility index (Phi) is 23.2. The van der Waals surface area contributed by atoms with E-state index in [1.165, 1.54) is 51.4 Å². The van der Waals surface area contributed by atoms with Crippen LogP contribution in [0.15, 0.2) is 18.2 Å². The van der Waals surface area contributed by atoms with Crippen LogP contribution in [0.25, 0.3) is 0 Å². The van der Waals surface area contributed by atoms with Gasteiger partial charge < -0.3 is 0 Å². The summed E-state index contributed by atoms with van der Waals surface area (Å²) >= 11 is 0. The molecule has 2 atom stereocenters. The number of benzene rings is 1. The first-order valence-electron chi connectivity index (χ1n) is 17.9. The molecule has 0 bridgehead atoms. The fourth-order valence-corrected chi connectivity index (χ4v) is 6.36. The Morgan fingerprint density at radius 3 is 1.56 bits per heavy atom. The van der Waals surface area contributed by atoms with Gasteiger partial charge in [-0.15, -0.1) is 8.78 Å². The van der Waals surface area contributed by atoms with Crippen molar-refractivity contribution in [2.75, 3.05) is 6.54 Å². The Bertz CT molecular complexity index is 827. The van der Waals surface area contributed by atoms with Gasteiger partial charge in [-0.25, -0.2) is 13.7 Å². The number of halogens is 8. The zero-order chi connectivity index (χ0) is 34.4. The van der Waals surface area contributed by atoms with Crippen LogP contribution in [-0.4, -0.2) is 31.1 Å². The molecular formula is C35H62BF8N. The van der Waals surface area contributed by atoms with Crippen molar-refractivity contribution in [1.82, 2.24) is 0 Å². The van der Waals surface area contributed by atoms with E-state index in [-0.39, 0.29) is 44.8 Å². The van der Waals surface area contributed by atoms with Gasteiger partial charge in [-0.3, -0.25) is 0 Å². The number of rotatable bonds is 24. The molecule has 2 unspecified atom stereocenters. The van der Waals surface area contributed by atoms with Crippen LogP contribution < -0.4 is 4.90 Å². The summed E-state index contributed by atoms with van der Waals surface area (Å²) in [6, 6.07) is -1.11. The van der Waals surface area contributed by atoms with Crippen LogP contribution in [-0.2, 0) is 0 Å². The molecule has 0 amide bonds. The molecule has 0 radical (unpaired) electrons. The highest BCUT2D eigenvalue weighted by Gasteiger charge is 2.52. The molecule has 0 saturated carbocycles. The van der Waals surface area contributed by atoms with Gasteiger partial charge in [0.2, 0.25) is 12.0 Å². The maximum Gasteiger partial charge on any atom is 0.425 e. The van der Waals surface area contributed by atoms with Crippen molar-refractivity contribution < 1.29 is 40.0 Å². The number of quaternary nitrogens is 1. The van der Waals surface area contributed by atoms with Crippen LogP contribution in [0.4, 0.5) is 40.8 Å². The van der Waals surface area contributed by atoms with E-state index in [0.29, 0.717) is 6.42 Å². The predicted octanol–water partition coefficient (Wildman–Crippen LogP) is 12.8. The molecule has 0 saturated heterocycles. The first-order chi connectivity index (χ1) is 21.2. The quantitative estimate of drug-likeness (QED) is 0.0488. The largest absolute Gasteiger partial charge is 0.425 e. The summed E-state index contributed by atoms with van der Waals surface area (Å²) < 4.78 is 107. The summed E-state index contributed by atoms with van der Waals surface area (Å²) in [7, 11) is 0. The highest BCUT2D eigenvalue weighted by atomic mass is 19.4. The molecule has 266 valence electrons. The summed E-state index contributed by atoms with van der Waals surface area (Å²) in [4.78, 5) is -0.782. The van der Waals surface area contributed by atoms with Gasteiger partial charge in [-0.2, -0.15) is 42.8 Å². The minimum atomic E-state index is -4.27. The summed E-state index contributed by atoms with van der Waals surface area (Å²) in [5.74, 6) is -2.73. The number of nitrogens with one attached hydrogen (secondary N) is 1. The van der Waals surface area contributed by atoms with E-state index < -0.39 is 53.5 Å². The average molecular weight is 660 g/mol. The van der Waals surface area contributed by atoms with Gasteiger partial charge in [0.1, 0.15) is 0 Å². The molecule has 10 heteroatoms. The molecule has 45 heavy (non-hydrogen) atoms. The second kappa shape index (κ2) is 23.9. The number of hydrogen-bond donors (Lipinski definition) is 1. The zero-order valence-electron chi connectivity index (χ0n) is 28.8. The molecule has 0 aliphatic carbocycles. The fraction of sp³-hybridized carbons (Fsp3) is 0.829. The molecule has 0 aliphatic rings. The van der Waals surface area contributed by atoms with E-state index in [4.69, 9.17) is 0 Å². The van der Waals surface area contributed by atoms with E-state index in [9.17, 15) is 35.1 Å². The molecule has 1 nitrogen and oxygen atoms in total. The SMILES string of the molecule is CCCC[B-](CCCC)(CCCC)CCCC.CCCC[NH+](c1cccc(F)c1F)C(F)(F)C(F)CCCCCCC(F)(F)F. The molecule has 1 aromatic carbocycles. The van der Waals surface area contributed by atoms with Crippen molar-refractivity contribution in [2.45, 2.75) is 181 Å². The molecular weight excluding hydrogens is 597 g/mol. The van der Waals surface area contributed by atoms with Crippen LogP contribution >= 0.6 is 0 Å². The van der Waals surface area contributed by atoms with Gasteiger partial charge in [0, 0.05) is 18.6 Å². The average Bonchev–Trinajstić information content (AvgIpc) is 3.00. The first kappa shape index (κ1) is 43.7. The van der Waals surface area contributed by atoms with E-state index in [2.05, 4.69) is 27.7 Å². The topological polar surface area (TPSA) is 4.44 Å². The van der Waals surface area contributed by atoms with Crippen LogP contribution in [0.3, 0.4) is 0 Å². The van der Waals surface area contributed by atoms with Crippen molar-refractivity contribution >= 4 is 11.8 Å². The smallest absolute Gasteiger partial charge is 0.237 e. The summed E-state index contributed by atoms with van der Waals surface area (Å²) in [6.45, 7) is 10.8. The number of hydrogen-bond acceptors (Lipinski definition) is 0. The molecule has 1 aromatic rings. The molecule has 0 heterocycles. The second-order valence-electron chi connectivity index (χ2n) is 13.1. The van der Waals surface area contributed by atoms with E-state index in [0.717, 1.165) is 18.2 Å². The number of alkyl halides is 6. The van der Waals surface area contributed by atoms with Crippen molar-refractivity contribution in [3.63, 3.8) is 0 Å². The van der Waals surface area contributed by atoms with Crippen molar-refractivity contribution in [2.24, 2.45) is 0 Å². The lowest BCUT2D eigenvalue weighted by Gasteiger charge is -2.40. The molecule has 0 spiro atoms. The monoisotopic (exact) mass is 659 g/mol. The fourth-order valence-electron chi connectivity index (χ4n) is 6.36. The molecule has 0 fully saturated rings. The Morgan fingerprint density at radius 1 is 0.644 bits per heavy atom. The zero-order valence-corrected chi connectivity index (χ0v) is 28.8. The lowest BCUT2D eigenvalue weighted by molar-refractivity contribution is -0.937. The maximum atomic E-state index is 14.7. The Hall–Kier alpha value is -1.32. The van der Waals surface area contributed by atoms with Crippen molar-refractivity contribution in [3.8, 4) is 0 Å².